The van der Waals surface area contributed by atoms with Gasteiger partial charge in [0.1, 0.15) is 11.5 Å². The molecule has 3 aromatic rings. The number of nitrogens with zero attached hydrogens (tertiary/aromatic N) is 2. The SMILES string of the molecule is Oc1ccc(-c2cc(-c3ccc(O)cc3)n(C3CCC3)n2)cc1. The van der Waals surface area contributed by atoms with Crippen LogP contribution in [0.5, 0.6) is 11.5 Å². The van der Waals surface area contributed by atoms with Crippen LogP contribution in [0, 0.1) is 0 Å². The number of benzene rings is 2. The maximum absolute atomic E-state index is 9.50. The molecule has 1 saturated carbocycles. The first-order valence-corrected chi connectivity index (χ1v) is 7.89. The fraction of sp³-hybridized carbons (Fsp3) is 0.211. The molecule has 2 N–H and O–H groups in total. The summed E-state index contributed by atoms with van der Waals surface area (Å²) in [4.78, 5) is 0. The summed E-state index contributed by atoms with van der Waals surface area (Å²) in [6.45, 7) is 0. The molecule has 4 nitrogen and oxygen atoms in total. The average Bonchev–Trinajstić information content (AvgIpc) is 2.92. The molecule has 1 aliphatic carbocycles. The second kappa shape index (κ2) is 5.47. The van der Waals surface area contributed by atoms with Crippen molar-refractivity contribution in [2.45, 2.75) is 25.3 Å². The molecule has 0 atom stereocenters. The molecule has 1 aliphatic rings. The van der Waals surface area contributed by atoms with Crippen LogP contribution in [0.1, 0.15) is 25.3 Å². The van der Waals surface area contributed by atoms with Crippen molar-refractivity contribution in [3.63, 3.8) is 0 Å². The predicted octanol–water partition coefficient (Wildman–Crippen LogP) is 4.35. The summed E-state index contributed by atoms with van der Waals surface area (Å²) in [5.41, 5.74) is 4.01. The molecular formula is C19H18N2O2. The highest BCUT2D eigenvalue weighted by molar-refractivity contribution is 5.69. The standard InChI is InChI=1S/C19H18N2O2/c22-16-8-4-13(5-9-16)18-12-19(14-6-10-17(23)11-7-14)21(20-18)15-2-1-3-15/h4-12,15,22-23H,1-3H2. The summed E-state index contributed by atoms with van der Waals surface area (Å²) in [6.07, 6.45) is 3.55. The molecule has 1 fully saturated rings. The smallest absolute Gasteiger partial charge is 0.115 e. The van der Waals surface area contributed by atoms with Gasteiger partial charge in [0.05, 0.1) is 17.4 Å². The van der Waals surface area contributed by atoms with Crippen molar-refractivity contribution in [3.05, 3.63) is 54.6 Å². The van der Waals surface area contributed by atoms with E-state index in [0.717, 1.165) is 35.4 Å². The van der Waals surface area contributed by atoms with Crippen molar-refractivity contribution in [2.75, 3.05) is 0 Å². The molecule has 0 saturated heterocycles. The van der Waals surface area contributed by atoms with Crippen LogP contribution in [0.2, 0.25) is 0 Å². The third-order valence-electron chi connectivity index (χ3n) is 4.48. The van der Waals surface area contributed by atoms with Gasteiger partial charge < -0.3 is 10.2 Å². The number of hydrogen-bond donors (Lipinski definition) is 2. The third kappa shape index (κ3) is 2.57. The van der Waals surface area contributed by atoms with Gasteiger partial charge >= 0.3 is 0 Å². The lowest BCUT2D eigenvalue weighted by Gasteiger charge is -2.27. The normalized spacial score (nSPS) is 14.6. The minimum atomic E-state index is 0.255. The van der Waals surface area contributed by atoms with Crippen molar-refractivity contribution in [1.82, 2.24) is 9.78 Å². The highest BCUT2D eigenvalue weighted by Gasteiger charge is 2.24. The predicted molar refractivity (Wildman–Crippen MR) is 89.3 cm³/mol. The highest BCUT2D eigenvalue weighted by Crippen LogP contribution is 2.37. The van der Waals surface area contributed by atoms with E-state index in [2.05, 4.69) is 10.7 Å². The van der Waals surface area contributed by atoms with E-state index in [0.29, 0.717) is 6.04 Å². The van der Waals surface area contributed by atoms with E-state index < -0.39 is 0 Å². The van der Waals surface area contributed by atoms with Gasteiger partial charge in [-0.25, -0.2) is 0 Å². The van der Waals surface area contributed by atoms with E-state index in [1.807, 2.05) is 24.3 Å². The fourth-order valence-electron chi connectivity index (χ4n) is 2.93. The summed E-state index contributed by atoms with van der Waals surface area (Å²) in [7, 11) is 0. The molecule has 0 radical (unpaired) electrons. The van der Waals surface area contributed by atoms with Gasteiger partial charge in [-0.05, 0) is 73.9 Å². The van der Waals surface area contributed by atoms with Crippen molar-refractivity contribution in [3.8, 4) is 34.0 Å². The summed E-state index contributed by atoms with van der Waals surface area (Å²) < 4.78 is 2.11. The maximum Gasteiger partial charge on any atom is 0.115 e. The van der Waals surface area contributed by atoms with E-state index in [1.165, 1.54) is 6.42 Å². The molecule has 1 heterocycles. The zero-order valence-corrected chi connectivity index (χ0v) is 12.7. The molecule has 4 rings (SSSR count). The zero-order valence-electron chi connectivity index (χ0n) is 12.7. The molecule has 0 spiro atoms. The Kier molecular flexibility index (Phi) is 3.30. The van der Waals surface area contributed by atoms with Crippen LogP contribution >= 0.6 is 0 Å². The summed E-state index contributed by atoms with van der Waals surface area (Å²) >= 11 is 0. The van der Waals surface area contributed by atoms with Gasteiger partial charge in [-0.1, -0.05) is 0 Å². The quantitative estimate of drug-likeness (QED) is 0.756. The van der Waals surface area contributed by atoms with Gasteiger partial charge in [-0.3, -0.25) is 4.68 Å². The first-order valence-electron chi connectivity index (χ1n) is 7.89. The number of aromatic hydroxyl groups is 2. The van der Waals surface area contributed by atoms with Crippen LogP contribution in [0.3, 0.4) is 0 Å². The molecule has 23 heavy (non-hydrogen) atoms. The lowest BCUT2D eigenvalue weighted by molar-refractivity contribution is 0.292. The number of hydrogen-bond acceptors (Lipinski definition) is 3. The van der Waals surface area contributed by atoms with Crippen molar-refractivity contribution >= 4 is 0 Å². The molecular weight excluding hydrogens is 288 g/mol. The molecule has 0 amide bonds. The van der Waals surface area contributed by atoms with Crippen LogP contribution in [-0.4, -0.2) is 20.0 Å². The van der Waals surface area contributed by atoms with Gasteiger partial charge in [0.15, 0.2) is 0 Å². The largest absolute Gasteiger partial charge is 0.508 e. The van der Waals surface area contributed by atoms with Crippen molar-refractivity contribution in [2.24, 2.45) is 0 Å². The molecule has 0 aliphatic heterocycles. The van der Waals surface area contributed by atoms with Gasteiger partial charge in [0.2, 0.25) is 0 Å². The van der Waals surface area contributed by atoms with Crippen molar-refractivity contribution < 1.29 is 10.2 Å². The summed E-state index contributed by atoms with van der Waals surface area (Å²) in [6, 6.07) is 16.9. The second-order valence-electron chi connectivity index (χ2n) is 6.04. The molecule has 116 valence electrons. The number of phenols is 2. The summed E-state index contributed by atoms with van der Waals surface area (Å²) in [5, 5.41) is 23.8. The van der Waals surface area contributed by atoms with Crippen LogP contribution < -0.4 is 0 Å². The van der Waals surface area contributed by atoms with Crippen LogP contribution in [0.25, 0.3) is 22.5 Å². The molecule has 4 heteroatoms. The first kappa shape index (κ1) is 13.9. The topological polar surface area (TPSA) is 58.3 Å². The van der Waals surface area contributed by atoms with E-state index in [4.69, 9.17) is 5.10 Å². The van der Waals surface area contributed by atoms with Crippen LogP contribution in [-0.2, 0) is 0 Å². The Balaban J connectivity index is 1.80. The lowest BCUT2D eigenvalue weighted by Crippen LogP contribution is -2.19. The van der Waals surface area contributed by atoms with Crippen LogP contribution in [0.4, 0.5) is 0 Å². The minimum Gasteiger partial charge on any atom is -0.508 e. The molecule has 2 aromatic carbocycles. The minimum absolute atomic E-state index is 0.255. The molecule has 0 bridgehead atoms. The van der Waals surface area contributed by atoms with E-state index in [9.17, 15) is 10.2 Å². The highest BCUT2D eigenvalue weighted by atomic mass is 16.3. The molecule has 0 unspecified atom stereocenters. The fourth-order valence-corrected chi connectivity index (χ4v) is 2.93. The van der Waals surface area contributed by atoms with Gasteiger partial charge in [0, 0.05) is 11.1 Å². The van der Waals surface area contributed by atoms with Crippen LogP contribution in [0.15, 0.2) is 54.6 Å². The molecule has 1 aromatic heterocycles. The Morgan fingerprint density at radius 2 is 1.39 bits per heavy atom. The number of rotatable bonds is 3. The van der Waals surface area contributed by atoms with Gasteiger partial charge in [-0.2, -0.15) is 5.10 Å². The Labute approximate surface area is 134 Å². The lowest BCUT2D eigenvalue weighted by atomic mass is 9.93. The first-order chi connectivity index (χ1) is 11.2. The van der Waals surface area contributed by atoms with Crippen molar-refractivity contribution in [1.29, 1.82) is 0 Å². The monoisotopic (exact) mass is 306 g/mol. The Morgan fingerprint density at radius 3 is 1.91 bits per heavy atom. The van der Waals surface area contributed by atoms with E-state index in [-0.39, 0.29) is 11.5 Å². The average molecular weight is 306 g/mol. The Bertz CT molecular complexity index is 816. The van der Waals surface area contributed by atoms with Gasteiger partial charge in [0.25, 0.3) is 0 Å². The van der Waals surface area contributed by atoms with E-state index >= 15 is 0 Å². The number of aromatic nitrogens is 2. The van der Waals surface area contributed by atoms with Gasteiger partial charge in [-0.15, -0.1) is 0 Å². The van der Waals surface area contributed by atoms with E-state index in [1.54, 1.807) is 24.3 Å². The zero-order chi connectivity index (χ0) is 15.8. The second-order valence-corrected chi connectivity index (χ2v) is 6.04. The third-order valence-corrected chi connectivity index (χ3v) is 4.48. The number of phenolic OH excluding ortho intramolecular Hbond substituents is 2. The maximum atomic E-state index is 9.50. The summed E-state index contributed by atoms with van der Waals surface area (Å²) in [5.74, 6) is 0.521. The Morgan fingerprint density at radius 1 is 0.826 bits per heavy atom. The Hall–Kier alpha value is -2.75.